The number of amides is 1. The summed E-state index contributed by atoms with van der Waals surface area (Å²) in [7, 11) is 1.49. The smallest absolute Gasteiger partial charge is 0.255 e. The molecule has 0 aromatic heterocycles. The van der Waals surface area contributed by atoms with E-state index in [2.05, 4.69) is 10.6 Å². The molecular formula is C13H18N2O4. The largest absolute Gasteiger partial charge is 0.507 e. The third kappa shape index (κ3) is 3.15. The van der Waals surface area contributed by atoms with Gasteiger partial charge in [-0.3, -0.25) is 4.79 Å². The molecule has 1 aliphatic rings. The quantitative estimate of drug-likeness (QED) is 0.609. The van der Waals surface area contributed by atoms with E-state index in [1.165, 1.54) is 19.2 Å². The number of β-amino-alcohol motifs (C(OH)–C–C–N with tert-alkyl or cyclic N) is 1. The fourth-order valence-electron chi connectivity index (χ4n) is 2.05. The maximum Gasteiger partial charge on any atom is 0.255 e. The zero-order valence-corrected chi connectivity index (χ0v) is 10.8. The van der Waals surface area contributed by atoms with Crippen molar-refractivity contribution in [1.82, 2.24) is 10.6 Å². The lowest BCUT2D eigenvalue weighted by molar-refractivity contribution is 0.0561. The third-order valence-electron chi connectivity index (χ3n) is 3.25. The van der Waals surface area contributed by atoms with Crippen LogP contribution in [0.2, 0.25) is 0 Å². The van der Waals surface area contributed by atoms with Gasteiger partial charge >= 0.3 is 0 Å². The molecule has 0 spiro atoms. The van der Waals surface area contributed by atoms with Crippen molar-refractivity contribution in [3.05, 3.63) is 23.8 Å². The molecule has 6 nitrogen and oxygen atoms in total. The molecule has 1 heterocycles. The minimum absolute atomic E-state index is 0.116. The number of aromatic hydroxyl groups is 1. The number of carbonyl (C=O) groups excluding carboxylic acids is 1. The monoisotopic (exact) mass is 266 g/mol. The topological polar surface area (TPSA) is 90.8 Å². The standard InChI is InChI=1S/C13H18N2O4/c1-19-9-2-3-11(16)10(6-9)12(17)15-8-13(18)4-5-14-7-13/h2-3,6,14,16,18H,4-5,7-8H2,1H3,(H,15,17). The molecule has 0 radical (unpaired) electrons. The summed E-state index contributed by atoms with van der Waals surface area (Å²) in [4.78, 5) is 12.0. The molecule has 4 N–H and O–H groups in total. The minimum atomic E-state index is -0.913. The van der Waals surface area contributed by atoms with Crippen molar-refractivity contribution in [3.8, 4) is 11.5 Å². The van der Waals surface area contributed by atoms with Crippen molar-refractivity contribution in [1.29, 1.82) is 0 Å². The molecule has 1 saturated heterocycles. The van der Waals surface area contributed by atoms with Gasteiger partial charge in [-0.05, 0) is 31.2 Å². The highest BCUT2D eigenvalue weighted by Gasteiger charge is 2.31. The molecule has 0 saturated carbocycles. The third-order valence-corrected chi connectivity index (χ3v) is 3.25. The highest BCUT2D eigenvalue weighted by Crippen LogP contribution is 2.23. The van der Waals surface area contributed by atoms with E-state index in [1.807, 2.05) is 0 Å². The number of phenolic OH excluding ortho intramolecular Hbond substituents is 1. The van der Waals surface area contributed by atoms with Crippen molar-refractivity contribution in [2.45, 2.75) is 12.0 Å². The van der Waals surface area contributed by atoms with Crippen LogP contribution in [0.25, 0.3) is 0 Å². The number of ether oxygens (including phenoxy) is 1. The number of hydrogen-bond donors (Lipinski definition) is 4. The predicted molar refractivity (Wildman–Crippen MR) is 69.4 cm³/mol. The van der Waals surface area contributed by atoms with Gasteiger partial charge in [-0.25, -0.2) is 0 Å². The Morgan fingerprint density at radius 1 is 1.58 bits per heavy atom. The first-order chi connectivity index (χ1) is 9.04. The van der Waals surface area contributed by atoms with Gasteiger partial charge in [-0.2, -0.15) is 0 Å². The second kappa shape index (κ2) is 5.46. The number of aliphatic hydroxyl groups is 1. The van der Waals surface area contributed by atoms with E-state index in [1.54, 1.807) is 6.07 Å². The van der Waals surface area contributed by atoms with E-state index in [0.717, 1.165) is 6.54 Å². The Labute approximate surface area is 111 Å². The lowest BCUT2D eigenvalue weighted by Gasteiger charge is -2.21. The average Bonchev–Trinajstić information content (AvgIpc) is 2.84. The number of phenols is 1. The minimum Gasteiger partial charge on any atom is -0.507 e. The van der Waals surface area contributed by atoms with Gasteiger partial charge < -0.3 is 25.6 Å². The van der Waals surface area contributed by atoms with Crippen LogP contribution in [-0.2, 0) is 0 Å². The first-order valence-corrected chi connectivity index (χ1v) is 6.12. The van der Waals surface area contributed by atoms with Gasteiger partial charge in [0.05, 0.1) is 18.3 Å². The number of nitrogens with one attached hydrogen (secondary N) is 2. The van der Waals surface area contributed by atoms with Gasteiger partial charge in [0.15, 0.2) is 0 Å². The summed E-state index contributed by atoms with van der Waals surface area (Å²) in [6, 6.07) is 4.43. The van der Waals surface area contributed by atoms with Crippen molar-refractivity contribution in [2.75, 3.05) is 26.7 Å². The van der Waals surface area contributed by atoms with E-state index in [4.69, 9.17) is 4.74 Å². The fourth-order valence-corrected chi connectivity index (χ4v) is 2.05. The molecule has 0 bridgehead atoms. The van der Waals surface area contributed by atoms with Crippen LogP contribution in [-0.4, -0.2) is 48.5 Å². The predicted octanol–water partition coefficient (Wildman–Crippen LogP) is -0.145. The Morgan fingerprint density at radius 3 is 3.00 bits per heavy atom. The van der Waals surface area contributed by atoms with Crippen molar-refractivity contribution < 1.29 is 19.7 Å². The van der Waals surface area contributed by atoms with Crippen molar-refractivity contribution in [2.24, 2.45) is 0 Å². The fraction of sp³-hybridized carbons (Fsp3) is 0.462. The van der Waals surface area contributed by atoms with Crippen LogP contribution in [0.1, 0.15) is 16.8 Å². The SMILES string of the molecule is COc1ccc(O)c(C(=O)NCC2(O)CCNC2)c1. The Bertz CT molecular complexity index is 470. The van der Waals surface area contributed by atoms with Crippen LogP contribution in [0.3, 0.4) is 0 Å². The number of hydrogen-bond acceptors (Lipinski definition) is 5. The van der Waals surface area contributed by atoms with E-state index >= 15 is 0 Å². The molecule has 6 heteroatoms. The zero-order chi connectivity index (χ0) is 13.9. The average molecular weight is 266 g/mol. The summed E-state index contributed by atoms with van der Waals surface area (Å²) in [6.07, 6.45) is 0.595. The van der Waals surface area contributed by atoms with Crippen LogP contribution < -0.4 is 15.4 Å². The van der Waals surface area contributed by atoms with E-state index in [9.17, 15) is 15.0 Å². The van der Waals surface area contributed by atoms with Crippen LogP contribution in [0.4, 0.5) is 0 Å². The van der Waals surface area contributed by atoms with Crippen LogP contribution in [0.5, 0.6) is 11.5 Å². The highest BCUT2D eigenvalue weighted by atomic mass is 16.5. The van der Waals surface area contributed by atoms with E-state index < -0.39 is 11.5 Å². The Balaban J connectivity index is 2.03. The Morgan fingerprint density at radius 2 is 2.37 bits per heavy atom. The van der Waals surface area contributed by atoms with Crippen LogP contribution in [0.15, 0.2) is 18.2 Å². The van der Waals surface area contributed by atoms with Gasteiger partial charge in [-0.1, -0.05) is 0 Å². The number of benzene rings is 1. The summed E-state index contributed by atoms with van der Waals surface area (Å²) in [5.41, 5.74) is -0.779. The van der Waals surface area contributed by atoms with Crippen LogP contribution in [0, 0.1) is 0 Å². The Kier molecular flexibility index (Phi) is 3.92. The van der Waals surface area contributed by atoms with Gasteiger partial charge in [-0.15, -0.1) is 0 Å². The molecule has 1 amide bonds. The van der Waals surface area contributed by atoms with Gasteiger partial charge in [0.2, 0.25) is 0 Å². The maximum atomic E-state index is 12.0. The zero-order valence-electron chi connectivity index (χ0n) is 10.8. The molecule has 1 unspecified atom stereocenters. The lowest BCUT2D eigenvalue weighted by atomic mass is 10.0. The molecule has 1 aliphatic heterocycles. The molecule has 19 heavy (non-hydrogen) atoms. The van der Waals surface area contributed by atoms with Crippen molar-refractivity contribution in [3.63, 3.8) is 0 Å². The lowest BCUT2D eigenvalue weighted by Crippen LogP contribution is -2.44. The molecule has 0 aliphatic carbocycles. The van der Waals surface area contributed by atoms with Gasteiger partial charge in [0, 0.05) is 13.1 Å². The van der Waals surface area contributed by atoms with E-state index in [0.29, 0.717) is 18.7 Å². The highest BCUT2D eigenvalue weighted by molar-refractivity contribution is 5.97. The number of rotatable bonds is 4. The molecule has 1 atom stereocenters. The van der Waals surface area contributed by atoms with E-state index in [-0.39, 0.29) is 17.9 Å². The summed E-state index contributed by atoms with van der Waals surface area (Å²) in [5, 5.41) is 25.4. The summed E-state index contributed by atoms with van der Waals surface area (Å²) in [5.74, 6) is -0.0595. The van der Waals surface area contributed by atoms with Gasteiger partial charge in [0.25, 0.3) is 5.91 Å². The molecular weight excluding hydrogens is 248 g/mol. The number of methoxy groups -OCH3 is 1. The first-order valence-electron chi connectivity index (χ1n) is 6.12. The molecule has 2 rings (SSSR count). The summed E-state index contributed by atoms with van der Waals surface area (Å²) < 4.78 is 5.01. The maximum absolute atomic E-state index is 12.0. The normalized spacial score (nSPS) is 22.2. The molecule has 1 fully saturated rings. The van der Waals surface area contributed by atoms with Crippen molar-refractivity contribution >= 4 is 5.91 Å². The number of carbonyl (C=O) groups is 1. The Hall–Kier alpha value is -1.79. The van der Waals surface area contributed by atoms with Gasteiger partial charge in [0.1, 0.15) is 11.5 Å². The second-order valence-electron chi connectivity index (χ2n) is 4.72. The molecule has 104 valence electrons. The first kappa shape index (κ1) is 13.6. The second-order valence-corrected chi connectivity index (χ2v) is 4.72. The van der Waals surface area contributed by atoms with Crippen LogP contribution >= 0.6 is 0 Å². The molecule has 1 aromatic rings. The summed E-state index contributed by atoms with van der Waals surface area (Å²) >= 11 is 0. The molecule has 1 aromatic carbocycles. The summed E-state index contributed by atoms with van der Waals surface area (Å²) in [6.45, 7) is 1.34.